The highest BCUT2D eigenvalue weighted by atomic mass is 35.5. The highest BCUT2D eigenvalue weighted by Crippen LogP contribution is 2.57. The van der Waals surface area contributed by atoms with Crippen LogP contribution in [0.15, 0.2) is 66.9 Å². The zero-order chi connectivity index (χ0) is 23.9. The van der Waals surface area contributed by atoms with Crippen molar-refractivity contribution in [3.63, 3.8) is 0 Å². The third kappa shape index (κ3) is 3.89. The van der Waals surface area contributed by atoms with Crippen LogP contribution in [0.25, 0.3) is 0 Å². The largest absolute Gasteiger partial charge is 0.324 e. The van der Waals surface area contributed by atoms with Crippen molar-refractivity contribution in [1.29, 1.82) is 0 Å². The Hall–Kier alpha value is -3.16. The molecule has 1 N–H and O–H groups in total. The van der Waals surface area contributed by atoms with Gasteiger partial charge in [-0.1, -0.05) is 35.3 Å². The Balaban J connectivity index is 1.37. The first kappa shape index (κ1) is 22.6. The predicted octanol–water partition coefficient (Wildman–Crippen LogP) is 5.93. The van der Waals surface area contributed by atoms with Crippen molar-refractivity contribution in [2.75, 3.05) is 23.3 Å². The van der Waals surface area contributed by atoms with E-state index in [0.717, 1.165) is 5.69 Å². The number of piperidine rings is 1. The van der Waals surface area contributed by atoms with Crippen molar-refractivity contribution < 1.29 is 14.0 Å². The molecule has 1 aromatic heterocycles. The molecule has 9 heteroatoms. The SMILES string of the molecule is O=C(Nc1cccc(Cl)c1)N1CCC2(CC1)C(=O)N(c1ccc(F)c(Cl)c1)C2c1ccccn1. The molecule has 34 heavy (non-hydrogen) atoms. The van der Waals surface area contributed by atoms with Crippen molar-refractivity contribution in [3.8, 4) is 0 Å². The Morgan fingerprint density at radius 1 is 1.06 bits per heavy atom. The van der Waals surface area contributed by atoms with Gasteiger partial charge in [0.05, 0.1) is 22.2 Å². The van der Waals surface area contributed by atoms with E-state index in [1.807, 2.05) is 18.2 Å². The summed E-state index contributed by atoms with van der Waals surface area (Å²) < 4.78 is 13.7. The minimum absolute atomic E-state index is 0.0430. The van der Waals surface area contributed by atoms with Crippen LogP contribution in [0.5, 0.6) is 0 Å². The van der Waals surface area contributed by atoms with Gasteiger partial charge in [-0.05, 0) is 61.4 Å². The van der Waals surface area contributed by atoms with Crippen molar-refractivity contribution in [3.05, 3.63) is 88.4 Å². The second-order valence-corrected chi connectivity index (χ2v) is 9.36. The van der Waals surface area contributed by atoms with Gasteiger partial charge in [-0.25, -0.2) is 9.18 Å². The van der Waals surface area contributed by atoms with Crippen LogP contribution in [0.3, 0.4) is 0 Å². The lowest BCUT2D eigenvalue weighted by Crippen LogP contribution is -2.67. The molecule has 3 amide bonds. The van der Waals surface area contributed by atoms with Crippen LogP contribution in [0.2, 0.25) is 10.0 Å². The molecule has 0 radical (unpaired) electrons. The van der Waals surface area contributed by atoms with Gasteiger partial charge >= 0.3 is 6.03 Å². The molecule has 1 unspecified atom stereocenters. The number of β-lactam (4-membered cyclic amide) rings is 1. The van der Waals surface area contributed by atoms with Gasteiger partial charge in [0, 0.05) is 35.7 Å². The number of nitrogens with zero attached hydrogens (tertiary/aromatic N) is 3. The number of pyridine rings is 1. The van der Waals surface area contributed by atoms with Crippen LogP contribution < -0.4 is 10.2 Å². The maximum atomic E-state index is 13.7. The molecule has 2 saturated heterocycles. The summed E-state index contributed by atoms with van der Waals surface area (Å²) in [4.78, 5) is 34.2. The fourth-order valence-corrected chi connectivity index (χ4v) is 5.24. The summed E-state index contributed by atoms with van der Waals surface area (Å²) in [6.45, 7) is 0.832. The average molecular weight is 499 g/mol. The molecule has 5 rings (SSSR count). The maximum Gasteiger partial charge on any atom is 0.321 e. The highest BCUT2D eigenvalue weighted by molar-refractivity contribution is 6.31. The molecule has 6 nitrogen and oxygen atoms in total. The minimum Gasteiger partial charge on any atom is -0.324 e. The number of benzene rings is 2. The van der Waals surface area contributed by atoms with E-state index in [2.05, 4.69) is 10.3 Å². The molecule has 1 spiro atoms. The van der Waals surface area contributed by atoms with Crippen LogP contribution >= 0.6 is 23.2 Å². The molecule has 0 bridgehead atoms. The number of urea groups is 1. The van der Waals surface area contributed by atoms with Gasteiger partial charge in [0.1, 0.15) is 5.82 Å². The fraction of sp³-hybridized carbons (Fsp3) is 0.240. The zero-order valence-corrected chi connectivity index (χ0v) is 19.6. The number of hydrogen-bond acceptors (Lipinski definition) is 3. The number of rotatable bonds is 3. The van der Waals surface area contributed by atoms with Gasteiger partial charge in [-0.3, -0.25) is 9.78 Å². The van der Waals surface area contributed by atoms with Gasteiger partial charge in [-0.2, -0.15) is 0 Å². The highest BCUT2D eigenvalue weighted by Gasteiger charge is 2.62. The molecular weight excluding hydrogens is 478 g/mol. The van der Waals surface area contributed by atoms with E-state index in [9.17, 15) is 14.0 Å². The lowest BCUT2D eigenvalue weighted by Gasteiger charge is -2.58. The number of hydrogen-bond donors (Lipinski definition) is 1. The average Bonchev–Trinajstić information content (AvgIpc) is 2.84. The van der Waals surface area contributed by atoms with E-state index in [-0.39, 0.29) is 23.0 Å². The second kappa shape index (κ2) is 8.89. The fourth-order valence-electron chi connectivity index (χ4n) is 4.87. The molecular formula is C25H21Cl2FN4O2. The van der Waals surface area contributed by atoms with Gasteiger partial charge in [0.2, 0.25) is 5.91 Å². The second-order valence-electron chi connectivity index (χ2n) is 8.51. The summed E-state index contributed by atoms with van der Waals surface area (Å²) in [5, 5.41) is 3.35. The number of halogens is 3. The minimum atomic E-state index is -0.692. The third-order valence-corrected chi connectivity index (χ3v) is 7.12. The van der Waals surface area contributed by atoms with Crippen molar-refractivity contribution in [2.45, 2.75) is 18.9 Å². The van der Waals surface area contributed by atoms with Crippen LogP contribution in [0.1, 0.15) is 24.6 Å². The first-order chi connectivity index (χ1) is 16.4. The Labute approximate surface area is 206 Å². The number of nitrogens with one attached hydrogen (secondary N) is 1. The van der Waals surface area contributed by atoms with E-state index in [1.54, 1.807) is 46.3 Å². The Morgan fingerprint density at radius 2 is 1.85 bits per heavy atom. The van der Waals surface area contributed by atoms with Gasteiger partial charge in [-0.15, -0.1) is 0 Å². The Bertz CT molecular complexity index is 1250. The number of aromatic nitrogens is 1. The number of likely N-dealkylation sites (tertiary alicyclic amines) is 1. The summed E-state index contributed by atoms with van der Waals surface area (Å²) in [5.41, 5.74) is 1.20. The lowest BCUT2D eigenvalue weighted by molar-refractivity contribution is -0.144. The van der Waals surface area contributed by atoms with Crippen LogP contribution in [0.4, 0.5) is 20.6 Å². The monoisotopic (exact) mass is 498 g/mol. The molecule has 2 aromatic carbocycles. The van der Waals surface area contributed by atoms with Crippen LogP contribution in [-0.2, 0) is 4.79 Å². The summed E-state index contributed by atoms with van der Waals surface area (Å²) >= 11 is 12.0. The molecule has 3 heterocycles. The Kier molecular flexibility index (Phi) is 5.91. The molecule has 0 aliphatic carbocycles. The van der Waals surface area contributed by atoms with E-state index < -0.39 is 11.2 Å². The smallest absolute Gasteiger partial charge is 0.321 e. The van der Waals surface area contributed by atoms with E-state index in [0.29, 0.717) is 42.3 Å². The molecule has 174 valence electrons. The van der Waals surface area contributed by atoms with E-state index in [4.69, 9.17) is 23.2 Å². The zero-order valence-electron chi connectivity index (χ0n) is 18.0. The van der Waals surface area contributed by atoms with Crippen LogP contribution in [-0.4, -0.2) is 34.9 Å². The summed E-state index contributed by atoms with van der Waals surface area (Å²) in [5.74, 6) is -0.609. The van der Waals surface area contributed by atoms with Crippen molar-refractivity contribution in [2.24, 2.45) is 5.41 Å². The van der Waals surface area contributed by atoms with Gasteiger partial charge in [0.25, 0.3) is 0 Å². The Morgan fingerprint density at radius 3 is 2.53 bits per heavy atom. The molecule has 2 aliphatic heterocycles. The van der Waals surface area contributed by atoms with Crippen LogP contribution in [0, 0.1) is 11.2 Å². The van der Waals surface area contributed by atoms with Gasteiger partial charge in [0.15, 0.2) is 0 Å². The summed E-state index contributed by atoms with van der Waals surface area (Å²) in [6.07, 6.45) is 2.66. The topological polar surface area (TPSA) is 65.5 Å². The number of anilines is 2. The quantitative estimate of drug-likeness (QED) is 0.455. The van der Waals surface area contributed by atoms with Crippen molar-refractivity contribution >= 4 is 46.5 Å². The third-order valence-electron chi connectivity index (χ3n) is 6.59. The molecule has 1 atom stereocenters. The molecule has 2 fully saturated rings. The number of carbonyl (C=O) groups is 2. The number of carbonyl (C=O) groups excluding carboxylic acids is 2. The van der Waals surface area contributed by atoms with E-state index in [1.165, 1.54) is 12.1 Å². The first-order valence-electron chi connectivity index (χ1n) is 10.9. The normalized spacial score (nSPS) is 19.1. The maximum absolute atomic E-state index is 13.7. The molecule has 3 aromatic rings. The summed E-state index contributed by atoms with van der Waals surface area (Å²) in [7, 11) is 0. The predicted molar refractivity (Wildman–Crippen MR) is 130 cm³/mol. The van der Waals surface area contributed by atoms with Gasteiger partial charge < -0.3 is 15.1 Å². The first-order valence-corrected chi connectivity index (χ1v) is 11.7. The summed E-state index contributed by atoms with van der Waals surface area (Å²) in [6, 6.07) is 16.2. The molecule has 0 saturated carbocycles. The number of amides is 3. The van der Waals surface area contributed by atoms with E-state index >= 15 is 0 Å². The molecule has 2 aliphatic rings. The lowest BCUT2D eigenvalue weighted by atomic mass is 9.63. The standard InChI is InChI=1S/C25H21Cl2FN4O2/c26-16-4-3-5-17(14-16)30-24(34)31-12-9-25(10-13-31)22(21-6-1-2-11-29-21)32(23(25)33)18-7-8-20(28)19(27)15-18/h1-8,11,14-15,22H,9-10,12-13H2,(H,30,34). The van der Waals surface area contributed by atoms with Crippen molar-refractivity contribution in [1.82, 2.24) is 9.88 Å².